The number of carbonyl (C=O) groups is 4. The number of aromatic amines is 2. The number of aromatic nitrogens is 4. The standard InChI is InChI=1S/C50H54N8O7/c1-27(2)41(55-49(61)64-5)48(60)58-28(3)12-21-39(58)45-51-37-19-15-33-23-31(13-17-35(33)43(37)53-45)32-14-18-36-34(24-32)16-20-38-44(36)54-46(52-38)40-22-29(26-63-4)25-57(40)47(59)42(56-50(62)65-6)30-10-8-7-9-11-30/h7-11,13-20,23-24,27-29,39-42H,12,21-22,25-26H2,1-6H3,(H,51,53)(H,52,54)(H,55,61)(H,56,62)/t28-,29-,39-,40-,41?,42+/m0/s1. The smallest absolute Gasteiger partial charge is 0.407 e. The van der Waals surface area contributed by atoms with E-state index < -0.39 is 24.3 Å². The molecule has 0 aliphatic carbocycles. The van der Waals surface area contributed by atoms with E-state index in [-0.39, 0.29) is 41.8 Å². The van der Waals surface area contributed by atoms with E-state index in [2.05, 4.69) is 69.1 Å². The van der Waals surface area contributed by atoms with E-state index in [0.717, 1.165) is 73.4 Å². The van der Waals surface area contributed by atoms with Crippen LogP contribution in [0.4, 0.5) is 9.59 Å². The second kappa shape index (κ2) is 17.9. The normalized spacial score (nSPS) is 19.6. The van der Waals surface area contributed by atoms with Crippen molar-refractivity contribution >= 4 is 67.6 Å². The average molecular weight is 879 g/mol. The van der Waals surface area contributed by atoms with Crippen molar-refractivity contribution in [2.24, 2.45) is 11.8 Å². The quantitative estimate of drug-likeness (QED) is 0.0990. The van der Waals surface area contributed by atoms with Crippen molar-refractivity contribution in [2.75, 3.05) is 34.5 Å². The van der Waals surface area contributed by atoms with Gasteiger partial charge in [0.15, 0.2) is 0 Å². The van der Waals surface area contributed by atoms with Crippen LogP contribution in [0, 0.1) is 11.8 Å². The Morgan fingerprint density at radius 2 is 1.31 bits per heavy atom. The number of hydrogen-bond donors (Lipinski definition) is 4. The zero-order valence-electron chi connectivity index (χ0n) is 37.4. The second-order valence-electron chi connectivity index (χ2n) is 17.6. The highest BCUT2D eigenvalue weighted by Gasteiger charge is 2.43. The van der Waals surface area contributed by atoms with Gasteiger partial charge in [0.25, 0.3) is 5.91 Å². The first kappa shape index (κ1) is 43.3. The largest absolute Gasteiger partial charge is 0.453 e. The molecule has 2 aromatic heterocycles. The van der Waals surface area contributed by atoms with E-state index in [9.17, 15) is 19.2 Å². The number of H-pyrrole nitrogens is 2. The number of rotatable bonds is 11. The highest BCUT2D eigenvalue weighted by atomic mass is 16.5. The lowest BCUT2D eigenvalue weighted by molar-refractivity contribution is -0.137. The molecule has 1 unspecified atom stereocenters. The molecule has 4 N–H and O–H groups in total. The summed E-state index contributed by atoms with van der Waals surface area (Å²) in [6, 6.07) is 27.9. The summed E-state index contributed by atoms with van der Waals surface area (Å²) in [6.45, 7) is 6.78. The Labute approximate surface area is 376 Å². The summed E-state index contributed by atoms with van der Waals surface area (Å²) in [5.74, 6) is 0.941. The van der Waals surface area contributed by atoms with Crippen molar-refractivity contribution in [1.82, 2.24) is 40.4 Å². The van der Waals surface area contributed by atoms with Crippen LogP contribution in [0.2, 0.25) is 0 Å². The number of nitrogens with one attached hydrogen (secondary N) is 4. The first-order chi connectivity index (χ1) is 31.5. The van der Waals surface area contributed by atoms with Gasteiger partial charge in [-0.15, -0.1) is 0 Å². The molecule has 5 aromatic carbocycles. The van der Waals surface area contributed by atoms with Crippen LogP contribution in [-0.2, 0) is 23.8 Å². The number of hydrogen-bond acceptors (Lipinski definition) is 9. The summed E-state index contributed by atoms with van der Waals surface area (Å²) in [7, 11) is 4.24. The Morgan fingerprint density at radius 3 is 1.88 bits per heavy atom. The van der Waals surface area contributed by atoms with Crippen LogP contribution in [0.1, 0.15) is 75.4 Å². The summed E-state index contributed by atoms with van der Waals surface area (Å²) in [5, 5.41) is 9.53. The maximum absolute atomic E-state index is 14.4. The number of carbonyl (C=O) groups excluding carboxylic acids is 4. The lowest BCUT2D eigenvalue weighted by atomic mass is 9.98. The van der Waals surface area contributed by atoms with E-state index in [1.807, 2.05) is 68.1 Å². The molecular weight excluding hydrogens is 825 g/mol. The van der Waals surface area contributed by atoms with E-state index in [0.29, 0.717) is 31.0 Å². The molecule has 2 saturated heterocycles. The zero-order chi connectivity index (χ0) is 45.5. The van der Waals surface area contributed by atoms with Gasteiger partial charge in [-0.05, 0) is 83.8 Å². The summed E-state index contributed by atoms with van der Waals surface area (Å²) in [5.41, 5.74) is 6.15. The van der Waals surface area contributed by atoms with Gasteiger partial charge >= 0.3 is 12.2 Å². The van der Waals surface area contributed by atoms with E-state index in [1.54, 1.807) is 12.0 Å². The molecule has 0 spiro atoms. The third-order valence-electron chi connectivity index (χ3n) is 13.2. The molecule has 6 atom stereocenters. The molecule has 0 bridgehead atoms. The van der Waals surface area contributed by atoms with Crippen LogP contribution < -0.4 is 10.6 Å². The Morgan fingerprint density at radius 1 is 0.723 bits per heavy atom. The van der Waals surface area contributed by atoms with Crippen molar-refractivity contribution in [3.63, 3.8) is 0 Å². The van der Waals surface area contributed by atoms with E-state index in [1.165, 1.54) is 14.2 Å². The molecule has 15 heteroatoms. The lowest BCUT2D eigenvalue weighted by Gasteiger charge is -2.32. The number of imidazole rings is 2. The zero-order valence-corrected chi connectivity index (χ0v) is 37.4. The lowest BCUT2D eigenvalue weighted by Crippen LogP contribution is -2.52. The van der Waals surface area contributed by atoms with Gasteiger partial charge in [0.2, 0.25) is 5.91 Å². The number of benzene rings is 5. The molecule has 2 aliphatic rings. The van der Waals surface area contributed by atoms with Crippen LogP contribution >= 0.6 is 0 Å². The third-order valence-corrected chi connectivity index (χ3v) is 13.2. The minimum atomic E-state index is -0.945. The predicted molar refractivity (Wildman–Crippen MR) is 248 cm³/mol. The van der Waals surface area contributed by atoms with Crippen molar-refractivity contribution in [2.45, 2.75) is 70.2 Å². The van der Waals surface area contributed by atoms with Gasteiger partial charge < -0.3 is 44.6 Å². The Bertz CT molecular complexity index is 2930. The topological polar surface area (TPSA) is 184 Å². The average Bonchev–Trinajstić information content (AvgIpc) is 4.14. The number of methoxy groups -OCH3 is 3. The highest BCUT2D eigenvalue weighted by Crippen LogP contribution is 2.40. The molecule has 2 aliphatic heterocycles. The number of ether oxygens (including phenoxy) is 3. The fraction of sp³-hybridized carbons (Fsp3) is 0.360. The second-order valence-corrected chi connectivity index (χ2v) is 17.6. The molecule has 7 aromatic rings. The molecule has 9 rings (SSSR count). The minimum Gasteiger partial charge on any atom is -0.453 e. The molecule has 65 heavy (non-hydrogen) atoms. The highest BCUT2D eigenvalue weighted by molar-refractivity contribution is 6.07. The van der Waals surface area contributed by atoms with Crippen LogP contribution in [0.5, 0.6) is 0 Å². The van der Waals surface area contributed by atoms with Gasteiger partial charge in [0.05, 0.1) is 55.0 Å². The van der Waals surface area contributed by atoms with Crippen LogP contribution in [-0.4, -0.2) is 100 Å². The third kappa shape index (κ3) is 8.20. The van der Waals surface area contributed by atoms with Crippen LogP contribution in [0.25, 0.3) is 54.7 Å². The van der Waals surface area contributed by atoms with Gasteiger partial charge in [-0.2, -0.15) is 0 Å². The molecule has 0 saturated carbocycles. The van der Waals surface area contributed by atoms with Crippen molar-refractivity contribution in [1.29, 1.82) is 0 Å². The maximum atomic E-state index is 14.4. The molecule has 336 valence electrons. The first-order valence-corrected chi connectivity index (χ1v) is 22.2. The maximum Gasteiger partial charge on any atom is 0.407 e. The summed E-state index contributed by atoms with van der Waals surface area (Å²) >= 11 is 0. The van der Waals surface area contributed by atoms with Gasteiger partial charge in [0.1, 0.15) is 23.7 Å². The minimum absolute atomic E-state index is 0.0209. The fourth-order valence-corrected chi connectivity index (χ4v) is 9.86. The molecule has 2 fully saturated rings. The number of amides is 4. The Kier molecular flexibility index (Phi) is 11.9. The van der Waals surface area contributed by atoms with Gasteiger partial charge in [-0.1, -0.05) is 80.6 Å². The predicted octanol–water partition coefficient (Wildman–Crippen LogP) is 8.48. The first-order valence-electron chi connectivity index (χ1n) is 22.2. The van der Waals surface area contributed by atoms with Crippen LogP contribution in [0.15, 0.2) is 91.0 Å². The number of nitrogens with zero attached hydrogens (tertiary/aromatic N) is 4. The molecule has 4 heterocycles. The van der Waals surface area contributed by atoms with Gasteiger partial charge in [-0.3, -0.25) is 9.59 Å². The van der Waals surface area contributed by atoms with Crippen molar-refractivity contribution in [3.8, 4) is 11.1 Å². The summed E-state index contributed by atoms with van der Waals surface area (Å²) < 4.78 is 15.3. The van der Waals surface area contributed by atoms with Crippen molar-refractivity contribution in [3.05, 3.63) is 108 Å². The van der Waals surface area contributed by atoms with Crippen LogP contribution in [0.3, 0.4) is 0 Å². The fourth-order valence-electron chi connectivity index (χ4n) is 9.86. The molecular formula is C50H54N8O7. The Balaban J connectivity index is 0.993. The van der Waals surface area contributed by atoms with Gasteiger partial charge in [-0.25, -0.2) is 19.6 Å². The monoisotopic (exact) mass is 878 g/mol. The van der Waals surface area contributed by atoms with E-state index in [4.69, 9.17) is 24.2 Å². The Hall–Kier alpha value is -7.00. The van der Waals surface area contributed by atoms with E-state index >= 15 is 0 Å². The molecule has 4 amide bonds. The molecule has 15 nitrogen and oxygen atoms in total. The molecule has 0 radical (unpaired) electrons. The SMILES string of the molecule is COC[C@H]1C[C@@H](c2nc3c(ccc4cc(-c5ccc6c(ccc7[nH]c([C@@H]8CC[C@H](C)N8C(=O)C(NC(=O)OC)C(C)C)nc76)c5)ccc43)[nH]2)N(C(=O)[C@H](NC(=O)OC)c2ccccc2)C1. The number of fused-ring (bicyclic) bond motifs is 6. The number of likely N-dealkylation sites (tertiary alicyclic amines) is 2. The van der Waals surface area contributed by atoms with Gasteiger partial charge in [0, 0.05) is 36.4 Å². The summed E-state index contributed by atoms with van der Waals surface area (Å²) in [4.78, 5) is 74.0. The summed E-state index contributed by atoms with van der Waals surface area (Å²) in [6.07, 6.45) is 0.895. The number of alkyl carbamates (subject to hydrolysis) is 2. The van der Waals surface area contributed by atoms with Crippen molar-refractivity contribution < 1.29 is 33.4 Å².